The van der Waals surface area contributed by atoms with Crippen LogP contribution in [0.2, 0.25) is 5.02 Å². The van der Waals surface area contributed by atoms with Gasteiger partial charge in [0.1, 0.15) is 0 Å². The predicted molar refractivity (Wildman–Crippen MR) is 60.8 cm³/mol. The van der Waals surface area contributed by atoms with Crippen LogP contribution >= 0.6 is 23.2 Å². The first kappa shape index (κ1) is 12.6. The molecule has 1 aromatic rings. The van der Waals surface area contributed by atoms with Gasteiger partial charge in [0.2, 0.25) is 5.88 Å². The fourth-order valence-corrected chi connectivity index (χ4v) is 1.46. The Hall–Kier alpha value is -0.510. The first-order valence-electron chi connectivity index (χ1n) is 4.61. The molecule has 0 radical (unpaired) electrons. The second-order valence-electron chi connectivity index (χ2n) is 2.91. The summed E-state index contributed by atoms with van der Waals surface area (Å²) in [4.78, 5) is 4.16. The standard InChI is InChI=1S/C10H13Cl2NO2/c1-14-5-2-6-15-10-4-3-8(12)9(7-11)13-10/h3-4H,2,5-7H2,1H3. The quantitative estimate of drug-likeness (QED) is 0.574. The van der Waals surface area contributed by atoms with E-state index in [1.165, 1.54) is 0 Å². The van der Waals surface area contributed by atoms with E-state index in [4.69, 9.17) is 32.7 Å². The Kier molecular flexibility index (Phi) is 5.76. The molecule has 0 N–H and O–H groups in total. The van der Waals surface area contributed by atoms with Crippen LogP contribution in [0.1, 0.15) is 12.1 Å². The number of hydrogen-bond acceptors (Lipinski definition) is 3. The number of methoxy groups -OCH3 is 1. The average Bonchev–Trinajstić information content (AvgIpc) is 2.26. The first-order valence-corrected chi connectivity index (χ1v) is 5.52. The highest BCUT2D eigenvalue weighted by molar-refractivity contribution is 6.32. The molecule has 0 atom stereocenters. The Bertz CT molecular complexity index is 307. The van der Waals surface area contributed by atoms with Gasteiger partial charge in [0.05, 0.1) is 23.2 Å². The summed E-state index contributed by atoms with van der Waals surface area (Å²) in [5.41, 5.74) is 0.641. The maximum absolute atomic E-state index is 5.86. The van der Waals surface area contributed by atoms with Crippen molar-refractivity contribution < 1.29 is 9.47 Å². The van der Waals surface area contributed by atoms with Gasteiger partial charge in [-0.1, -0.05) is 11.6 Å². The van der Waals surface area contributed by atoms with Gasteiger partial charge in [0.25, 0.3) is 0 Å². The van der Waals surface area contributed by atoms with Crippen molar-refractivity contribution in [3.63, 3.8) is 0 Å². The van der Waals surface area contributed by atoms with Gasteiger partial charge in [-0.05, 0) is 6.07 Å². The zero-order valence-electron chi connectivity index (χ0n) is 8.50. The summed E-state index contributed by atoms with van der Waals surface area (Å²) in [6.07, 6.45) is 0.830. The van der Waals surface area contributed by atoms with E-state index >= 15 is 0 Å². The molecule has 0 unspecified atom stereocenters. The Morgan fingerprint density at radius 1 is 1.33 bits per heavy atom. The molecule has 5 heteroatoms. The molecule has 0 aliphatic rings. The lowest BCUT2D eigenvalue weighted by molar-refractivity contribution is 0.170. The molecule has 0 saturated heterocycles. The molecule has 0 bridgehead atoms. The molecular weight excluding hydrogens is 237 g/mol. The average molecular weight is 250 g/mol. The lowest BCUT2D eigenvalue weighted by atomic mass is 10.4. The molecule has 0 spiro atoms. The number of rotatable bonds is 6. The van der Waals surface area contributed by atoms with Gasteiger partial charge in [0.15, 0.2) is 0 Å². The maximum Gasteiger partial charge on any atom is 0.213 e. The number of aromatic nitrogens is 1. The Balaban J connectivity index is 2.47. The van der Waals surface area contributed by atoms with Crippen molar-refractivity contribution in [3.8, 4) is 5.88 Å². The van der Waals surface area contributed by atoms with Crippen LogP contribution in [0.25, 0.3) is 0 Å². The summed E-state index contributed by atoms with van der Waals surface area (Å²) in [6.45, 7) is 1.25. The molecular formula is C10H13Cl2NO2. The van der Waals surface area contributed by atoms with E-state index in [-0.39, 0.29) is 5.88 Å². The number of alkyl halides is 1. The fraction of sp³-hybridized carbons (Fsp3) is 0.500. The van der Waals surface area contributed by atoms with Gasteiger partial charge >= 0.3 is 0 Å². The summed E-state index contributed by atoms with van der Waals surface area (Å²) in [5.74, 6) is 0.833. The van der Waals surface area contributed by atoms with Gasteiger partial charge in [-0.3, -0.25) is 0 Å². The minimum atomic E-state index is 0.286. The first-order chi connectivity index (χ1) is 7.27. The summed E-state index contributed by atoms with van der Waals surface area (Å²) in [5, 5.41) is 0.564. The highest BCUT2D eigenvalue weighted by Gasteiger charge is 2.03. The fourth-order valence-electron chi connectivity index (χ4n) is 1.02. The molecule has 15 heavy (non-hydrogen) atoms. The van der Waals surface area contributed by atoms with Crippen LogP contribution in [0.4, 0.5) is 0 Å². The van der Waals surface area contributed by atoms with Gasteiger partial charge in [-0.25, -0.2) is 4.98 Å². The largest absolute Gasteiger partial charge is 0.478 e. The van der Waals surface area contributed by atoms with E-state index in [1.54, 1.807) is 19.2 Å². The van der Waals surface area contributed by atoms with Crippen LogP contribution in [-0.2, 0) is 10.6 Å². The van der Waals surface area contributed by atoms with Crippen molar-refractivity contribution in [2.45, 2.75) is 12.3 Å². The number of nitrogens with zero attached hydrogens (tertiary/aromatic N) is 1. The second kappa shape index (κ2) is 6.88. The van der Waals surface area contributed by atoms with E-state index in [9.17, 15) is 0 Å². The highest BCUT2D eigenvalue weighted by atomic mass is 35.5. The van der Waals surface area contributed by atoms with Gasteiger partial charge in [0, 0.05) is 26.2 Å². The van der Waals surface area contributed by atoms with Crippen LogP contribution in [0, 0.1) is 0 Å². The number of halogens is 2. The Morgan fingerprint density at radius 2 is 2.13 bits per heavy atom. The zero-order valence-corrected chi connectivity index (χ0v) is 10.0. The van der Waals surface area contributed by atoms with E-state index in [0.717, 1.165) is 6.42 Å². The normalized spacial score (nSPS) is 10.3. The van der Waals surface area contributed by atoms with Crippen molar-refractivity contribution >= 4 is 23.2 Å². The van der Waals surface area contributed by atoms with Crippen molar-refractivity contribution in [1.82, 2.24) is 4.98 Å². The van der Waals surface area contributed by atoms with E-state index < -0.39 is 0 Å². The van der Waals surface area contributed by atoms with E-state index in [1.807, 2.05) is 0 Å². The Morgan fingerprint density at radius 3 is 2.80 bits per heavy atom. The van der Waals surface area contributed by atoms with E-state index in [2.05, 4.69) is 4.98 Å². The third-order valence-corrected chi connectivity index (χ3v) is 2.36. The van der Waals surface area contributed by atoms with Crippen molar-refractivity contribution in [2.24, 2.45) is 0 Å². The molecule has 0 aromatic carbocycles. The van der Waals surface area contributed by atoms with Crippen molar-refractivity contribution in [1.29, 1.82) is 0 Å². The predicted octanol–water partition coefficient (Wildman–Crippen LogP) is 2.89. The summed E-state index contributed by atoms with van der Waals surface area (Å²) >= 11 is 11.5. The summed E-state index contributed by atoms with van der Waals surface area (Å²) < 4.78 is 10.3. The third kappa shape index (κ3) is 4.24. The Labute approximate surface area is 99.3 Å². The topological polar surface area (TPSA) is 31.4 Å². The van der Waals surface area contributed by atoms with Crippen LogP contribution in [0.3, 0.4) is 0 Å². The maximum atomic E-state index is 5.86. The zero-order chi connectivity index (χ0) is 11.1. The molecule has 0 aliphatic heterocycles. The highest BCUT2D eigenvalue weighted by Crippen LogP contribution is 2.19. The minimum absolute atomic E-state index is 0.286. The molecule has 1 rings (SSSR count). The number of ether oxygens (including phenoxy) is 2. The monoisotopic (exact) mass is 249 g/mol. The SMILES string of the molecule is COCCCOc1ccc(Cl)c(CCl)n1. The smallest absolute Gasteiger partial charge is 0.213 e. The molecule has 0 amide bonds. The van der Waals surface area contributed by atoms with Crippen LogP contribution in [0.15, 0.2) is 12.1 Å². The molecule has 0 aliphatic carbocycles. The summed E-state index contributed by atoms with van der Waals surface area (Å²) in [7, 11) is 1.66. The lowest BCUT2D eigenvalue weighted by Gasteiger charge is -2.06. The van der Waals surface area contributed by atoms with E-state index in [0.29, 0.717) is 29.8 Å². The van der Waals surface area contributed by atoms with Crippen LogP contribution in [0.5, 0.6) is 5.88 Å². The number of hydrogen-bond donors (Lipinski definition) is 0. The second-order valence-corrected chi connectivity index (χ2v) is 3.58. The van der Waals surface area contributed by atoms with Gasteiger partial charge < -0.3 is 9.47 Å². The molecule has 1 aromatic heterocycles. The van der Waals surface area contributed by atoms with Gasteiger partial charge in [-0.15, -0.1) is 11.6 Å². The molecule has 0 saturated carbocycles. The summed E-state index contributed by atoms with van der Waals surface area (Å²) in [6, 6.07) is 3.46. The third-order valence-electron chi connectivity index (χ3n) is 1.76. The van der Waals surface area contributed by atoms with Crippen molar-refractivity contribution in [2.75, 3.05) is 20.3 Å². The van der Waals surface area contributed by atoms with Crippen LogP contribution in [-0.4, -0.2) is 25.3 Å². The van der Waals surface area contributed by atoms with Crippen molar-refractivity contribution in [3.05, 3.63) is 22.8 Å². The molecule has 84 valence electrons. The van der Waals surface area contributed by atoms with Gasteiger partial charge in [-0.2, -0.15) is 0 Å². The molecule has 0 fully saturated rings. The number of pyridine rings is 1. The molecule has 1 heterocycles. The lowest BCUT2D eigenvalue weighted by Crippen LogP contribution is -2.03. The minimum Gasteiger partial charge on any atom is -0.478 e. The van der Waals surface area contributed by atoms with Crippen LogP contribution < -0.4 is 4.74 Å². The molecule has 3 nitrogen and oxygen atoms in total.